The number of rotatable bonds is 5. The standard InChI is InChI=1S/C19H15F2N3O2S/c1-11(25)22-13-6-7-14(16(21)9-13)17-10-27-19(23-17)24-18(26)8-12-4-2-3-5-15(12)20/h2-7,9-10H,8H2,1H3,(H,22,25)(H,23,24,26). The molecule has 27 heavy (non-hydrogen) atoms. The van der Waals surface area contributed by atoms with E-state index >= 15 is 0 Å². The molecule has 0 spiro atoms. The van der Waals surface area contributed by atoms with Crippen LogP contribution in [0.2, 0.25) is 0 Å². The van der Waals surface area contributed by atoms with E-state index in [0.29, 0.717) is 11.4 Å². The largest absolute Gasteiger partial charge is 0.326 e. The zero-order chi connectivity index (χ0) is 19.4. The normalized spacial score (nSPS) is 10.5. The highest BCUT2D eigenvalue weighted by Crippen LogP contribution is 2.28. The number of hydrogen-bond donors (Lipinski definition) is 2. The predicted octanol–water partition coefficient (Wildman–Crippen LogP) is 4.23. The van der Waals surface area contributed by atoms with E-state index in [1.807, 2.05) is 0 Å². The lowest BCUT2D eigenvalue weighted by atomic mass is 10.1. The molecule has 0 fully saturated rings. The number of carbonyl (C=O) groups is 2. The zero-order valence-corrected chi connectivity index (χ0v) is 15.1. The molecule has 0 radical (unpaired) electrons. The molecule has 3 aromatic rings. The first-order valence-electron chi connectivity index (χ1n) is 7.98. The van der Waals surface area contributed by atoms with E-state index in [1.165, 1.54) is 31.2 Å². The quantitative estimate of drug-likeness (QED) is 0.688. The maximum atomic E-state index is 14.3. The summed E-state index contributed by atoms with van der Waals surface area (Å²) >= 11 is 1.14. The maximum Gasteiger partial charge on any atom is 0.230 e. The Morgan fingerprint density at radius 3 is 2.56 bits per heavy atom. The molecule has 2 N–H and O–H groups in total. The van der Waals surface area contributed by atoms with Crippen LogP contribution in [0.5, 0.6) is 0 Å². The maximum absolute atomic E-state index is 14.3. The Hall–Kier alpha value is -3.13. The summed E-state index contributed by atoms with van der Waals surface area (Å²) < 4.78 is 27.9. The van der Waals surface area contributed by atoms with Crippen LogP contribution in [0.15, 0.2) is 47.8 Å². The fourth-order valence-corrected chi connectivity index (χ4v) is 3.16. The Balaban J connectivity index is 1.70. The van der Waals surface area contributed by atoms with E-state index in [0.717, 1.165) is 11.3 Å². The third kappa shape index (κ3) is 4.73. The fraction of sp³-hybridized carbons (Fsp3) is 0.105. The monoisotopic (exact) mass is 387 g/mol. The van der Waals surface area contributed by atoms with Crippen LogP contribution in [0, 0.1) is 11.6 Å². The van der Waals surface area contributed by atoms with E-state index in [-0.39, 0.29) is 28.6 Å². The van der Waals surface area contributed by atoms with E-state index in [1.54, 1.807) is 23.6 Å². The summed E-state index contributed by atoms with van der Waals surface area (Å²) in [6.07, 6.45) is -0.124. The van der Waals surface area contributed by atoms with E-state index in [9.17, 15) is 18.4 Å². The summed E-state index contributed by atoms with van der Waals surface area (Å²) in [5.41, 5.74) is 1.23. The van der Waals surface area contributed by atoms with Gasteiger partial charge in [-0.15, -0.1) is 11.3 Å². The Morgan fingerprint density at radius 2 is 1.85 bits per heavy atom. The van der Waals surface area contributed by atoms with Crippen LogP contribution in [0.25, 0.3) is 11.3 Å². The number of anilines is 2. The van der Waals surface area contributed by atoms with Crippen molar-refractivity contribution < 1.29 is 18.4 Å². The molecule has 138 valence electrons. The van der Waals surface area contributed by atoms with Gasteiger partial charge in [-0.25, -0.2) is 13.8 Å². The number of amides is 2. The van der Waals surface area contributed by atoms with E-state index in [4.69, 9.17) is 0 Å². The third-order valence-corrected chi connectivity index (χ3v) is 4.38. The minimum atomic E-state index is -0.546. The topological polar surface area (TPSA) is 71.1 Å². The van der Waals surface area contributed by atoms with Crippen molar-refractivity contribution in [2.75, 3.05) is 10.6 Å². The summed E-state index contributed by atoms with van der Waals surface area (Å²) in [5, 5.41) is 6.98. The van der Waals surface area contributed by atoms with Crippen molar-refractivity contribution in [1.29, 1.82) is 0 Å². The first kappa shape index (κ1) is 18.7. The van der Waals surface area contributed by atoms with Crippen molar-refractivity contribution in [3.63, 3.8) is 0 Å². The first-order valence-corrected chi connectivity index (χ1v) is 8.86. The van der Waals surface area contributed by atoms with Crippen molar-refractivity contribution in [3.8, 4) is 11.3 Å². The molecule has 0 bridgehead atoms. The SMILES string of the molecule is CC(=O)Nc1ccc(-c2csc(NC(=O)Cc3ccccc3F)n2)c(F)c1. The van der Waals surface area contributed by atoms with Crippen LogP contribution in [-0.2, 0) is 16.0 Å². The summed E-state index contributed by atoms with van der Waals surface area (Å²) in [6, 6.07) is 10.3. The lowest BCUT2D eigenvalue weighted by Crippen LogP contribution is -2.15. The van der Waals surface area contributed by atoms with Crippen LogP contribution in [0.3, 0.4) is 0 Å². The summed E-state index contributed by atoms with van der Waals surface area (Å²) in [6.45, 7) is 1.34. The number of benzene rings is 2. The zero-order valence-electron chi connectivity index (χ0n) is 14.3. The van der Waals surface area contributed by atoms with Gasteiger partial charge in [0.1, 0.15) is 11.6 Å². The molecule has 0 saturated heterocycles. The molecule has 0 unspecified atom stereocenters. The molecule has 0 atom stereocenters. The van der Waals surface area contributed by atoms with Crippen molar-refractivity contribution >= 4 is 34.0 Å². The minimum absolute atomic E-state index is 0.124. The van der Waals surface area contributed by atoms with Crippen molar-refractivity contribution in [3.05, 3.63) is 65.0 Å². The Morgan fingerprint density at radius 1 is 1.07 bits per heavy atom. The summed E-state index contributed by atoms with van der Waals surface area (Å²) in [4.78, 5) is 27.3. The minimum Gasteiger partial charge on any atom is -0.326 e. The number of carbonyl (C=O) groups excluding carboxylic acids is 2. The van der Waals surface area contributed by atoms with Gasteiger partial charge >= 0.3 is 0 Å². The molecule has 2 aromatic carbocycles. The highest BCUT2D eigenvalue weighted by Gasteiger charge is 2.13. The third-order valence-electron chi connectivity index (χ3n) is 3.62. The van der Waals surface area contributed by atoms with Crippen molar-refractivity contribution in [2.45, 2.75) is 13.3 Å². The van der Waals surface area contributed by atoms with Crippen LogP contribution >= 0.6 is 11.3 Å². The molecular weight excluding hydrogens is 372 g/mol. The van der Waals surface area contributed by atoms with Crippen LogP contribution < -0.4 is 10.6 Å². The van der Waals surface area contributed by atoms with Crippen LogP contribution in [-0.4, -0.2) is 16.8 Å². The molecule has 0 aliphatic rings. The smallest absolute Gasteiger partial charge is 0.230 e. The number of thiazole rings is 1. The van der Waals surface area contributed by atoms with Gasteiger partial charge in [-0.2, -0.15) is 0 Å². The van der Waals surface area contributed by atoms with Crippen molar-refractivity contribution in [2.24, 2.45) is 0 Å². The Bertz CT molecular complexity index is 1000. The number of nitrogens with zero attached hydrogens (tertiary/aromatic N) is 1. The van der Waals surface area contributed by atoms with Gasteiger partial charge in [0.05, 0.1) is 12.1 Å². The first-order chi connectivity index (χ1) is 12.9. The van der Waals surface area contributed by atoms with Gasteiger partial charge in [0.15, 0.2) is 5.13 Å². The second-order valence-electron chi connectivity index (χ2n) is 5.73. The number of aromatic nitrogens is 1. The van der Waals surface area contributed by atoms with Crippen LogP contribution in [0.4, 0.5) is 19.6 Å². The van der Waals surface area contributed by atoms with Gasteiger partial charge in [0.25, 0.3) is 0 Å². The van der Waals surface area contributed by atoms with Gasteiger partial charge in [-0.1, -0.05) is 18.2 Å². The summed E-state index contributed by atoms with van der Waals surface area (Å²) in [7, 11) is 0. The molecule has 1 heterocycles. The molecule has 5 nitrogen and oxygen atoms in total. The fourth-order valence-electron chi connectivity index (χ4n) is 2.44. The van der Waals surface area contributed by atoms with Gasteiger partial charge in [-0.3, -0.25) is 9.59 Å². The number of halogens is 2. The van der Waals surface area contributed by atoms with Gasteiger partial charge in [0.2, 0.25) is 11.8 Å². The average molecular weight is 387 g/mol. The second kappa shape index (κ2) is 8.05. The van der Waals surface area contributed by atoms with E-state index in [2.05, 4.69) is 15.6 Å². The van der Waals surface area contributed by atoms with E-state index < -0.39 is 17.5 Å². The highest BCUT2D eigenvalue weighted by atomic mass is 32.1. The number of nitrogens with one attached hydrogen (secondary N) is 2. The number of hydrogen-bond acceptors (Lipinski definition) is 4. The lowest BCUT2D eigenvalue weighted by Gasteiger charge is -2.05. The molecule has 0 aliphatic carbocycles. The molecule has 1 aromatic heterocycles. The Kier molecular flexibility index (Phi) is 5.56. The molecule has 8 heteroatoms. The molecule has 3 rings (SSSR count). The molecule has 2 amide bonds. The van der Waals surface area contributed by atoms with Gasteiger partial charge in [-0.05, 0) is 29.8 Å². The predicted molar refractivity (Wildman–Crippen MR) is 101 cm³/mol. The average Bonchev–Trinajstić information content (AvgIpc) is 3.04. The van der Waals surface area contributed by atoms with Crippen molar-refractivity contribution in [1.82, 2.24) is 4.98 Å². The molecule has 0 saturated carbocycles. The Labute approximate surface area is 158 Å². The summed E-state index contributed by atoms with van der Waals surface area (Å²) in [5.74, 6) is -1.71. The second-order valence-corrected chi connectivity index (χ2v) is 6.59. The van der Waals surface area contributed by atoms with Gasteiger partial charge < -0.3 is 10.6 Å². The molecular formula is C19H15F2N3O2S. The molecule has 0 aliphatic heterocycles. The highest BCUT2D eigenvalue weighted by molar-refractivity contribution is 7.14. The lowest BCUT2D eigenvalue weighted by molar-refractivity contribution is -0.116. The van der Waals surface area contributed by atoms with Gasteiger partial charge in [0, 0.05) is 23.6 Å². The van der Waals surface area contributed by atoms with Crippen LogP contribution in [0.1, 0.15) is 12.5 Å².